The van der Waals surface area contributed by atoms with Crippen molar-refractivity contribution in [2.24, 2.45) is 0 Å². The number of nitrogens with zero attached hydrogens (tertiary/aromatic N) is 1. The molecule has 2 aliphatic heterocycles. The largest absolute Gasteiger partial charge is 0.444 e. The number of carbonyl (C=O) groups is 1. The standard InChI is InChI=1S/C11H20N2O3/c1-11(2,3)16-10(14)13-4-8(5-13)12-9-6-15-7-9/h8-9,12H,4-7H2,1-3H3. The van der Waals surface area contributed by atoms with E-state index in [1.165, 1.54) is 0 Å². The van der Waals surface area contributed by atoms with E-state index in [0.717, 1.165) is 26.3 Å². The van der Waals surface area contributed by atoms with Crippen molar-refractivity contribution in [1.82, 2.24) is 10.2 Å². The van der Waals surface area contributed by atoms with Crippen LogP contribution in [-0.4, -0.2) is 55.0 Å². The van der Waals surface area contributed by atoms with Crippen molar-refractivity contribution in [3.63, 3.8) is 0 Å². The van der Waals surface area contributed by atoms with Gasteiger partial charge in [-0.1, -0.05) is 0 Å². The Bertz CT molecular complexity index is 265. The maximum Gasteiger partial charge on any atom is 0.410 e. The zero-order chi connectivity index (χ0) is 11.8. The lowest BCUT2D eigenvalue weighted by Crippen LogP contribution is -2.64. The number of nitrogens with one attached hydrogen (secondary N) is 1. The Balaban J connectivity index is 1.65. The van der Waals surface area contributed by atoms with Crippen LogP contribution in [0.25, 0.3) is 0 Å². The van der Waals surface area contributed by atoms with E-state index in [4.69, 9.17) is 9.47 Å². The predicted molar refractivity (Wildman–Crippen MR) is 59.3 cm³/mol. The minimum Gasteiger partial charge on any atom is -0.444 e. The van der Waals surface area contributed by atoms with Gasteiger partial charge in [0, 0.05) is 19.1 Å². The third-order valence-corrected chi connectivity index (χ3v) is 2.64. The predicted octanol–water partition coefficient (Wildman–Crippen LogP) is 0.594. The van der Waals surface area contributed by atoms with E-state index in [0.29, 0.717) is 12.1 Å². The lowest BCUT2D eigenvalue weighted by Gasteiger charge is -2.43. The Labute approximate surface area is 96.1 Å². The average molecular weight is 228 g/mol. The van der Waals surface area contributed by atoms with Crippen molar-refractivity contribution >= 4 is 6.09 Å². The van der Waals surface area contributed by atoms with Crippen LogP contribution in [0.15, 0.2) is 0 Å². The fourth-order valence-electron chi connectivity index (χ4n) is 1.72. The maximum atomic E-state index is 11.6. The zero-order valence-electron chi connectivity index (χ0n) is 10.2. The van der Waals surface area contributed by atoms with Gasteiger partial charge in [0.25, 0.3) is 0 Å². The quantitative estimate of drug-likeness (QED) is 0.751. The molecule has 2 aliphatic rings. The second kappa shape index (κ2) is 4.22. The first-order valence-electron chi connectivity index (χ1n) is 5.76. The fraction of sp³-hybridized carbons (Fsp3) is 0.909. The zero-order valence-corrected chi connectivity index (χ0v) is 10.2. The molecule has 2 heterocycles. The van der Waals surface area contributed by atoms with Crippen LogP contribution in [0.2, 0.25) is 0 Å². The van der Waals surface area contributed by atoms with Crippen molar-refractivity contribution in [3.05, 3.63) is 0 Å². The SMILES string of the molecule is CC(C)(C)OC(=O)N1CC(NC2COC2)C1. The normalized spacial score (nSPS) is 22.6. The first-order valence-corrected chi connectivity index (χ1v) is 5.76. The van der Waals surface area contributed by atoms with Crippen molar-refractivity contribution in [3.8, 4) is 0 Å². The molecule has 5 heteroatoms. The molecule has 92 valence electrons. The van der Waals surface area contributed by atoms with Crippen LogP contribution in [0.4, 0.5) is 4.79 Å². The summed E-state index contributed by atoms with van der Waals surface area (Å²) in [5.41, 5.74) is -0.405. The van der Waals surface area contributed by atoms with Gasteiger partial charge in [0.2, 0.25) is 0 Å². The van der Waals surface area contributed by atoms with E-state index < -0.39 is 5.60 Å². The third kappa shape index (κ3) is 2.86. The Kier molecular flexibility index (Phi) is 3.08. The number of likely N-dealkylation sites (tertiary alicyclic amines) is 1. The molecule has 2 rings (SSSR count). The molecule has 0 spiro atoms. The summed E-state index contributed by atoms with van der Waals surface area (Å²) < 4.78 is 10.3. The van der Waals surface area contributed by atoms with Crippen molar-refractivity contribution in [2.45, 2.75) is 38.5 Å². The minimum absolute atomic E-state index is 0.213. The van der Waals surface area contributed by atoms with Gasteiger partial charge in [-0.15, -0.1) is 0 Å². The van der Waals surface area contributed by atoms with E-state index >= 15 is 0 Å². The smallest absolute Gasteiger partial charge is 0.410 e. The van der Waals surface area contributed by atoms with Gasteiger partial charge in [-0.05, 0) is 20.8 Å². The monoisotopic (exact) mass is 228 g/mol. The first kappa shape index (κ1) is 11.7. The molecule has 2 saturated heterocycles. The van der Waals surface area contributed by atoms with Crippen molar-refractivity contribution in [1.29, 1.82) is 0 Å². The highest BCUT2D eigenvalue weighted by Crippen LogP contribution is 2.16. The summed E-state index contributed by atoms with van der Waals surface area (Å²) in [5.74, 6) is 0. The summed E-state index contributed by atoms with van der Waals surface area (Å²) in [7, 11) is 0. The molecule has 0 radical (unpaired) electrons. The number of carbonyl (C=O) groups excluding carboxylic acids is 1. The summed E-state index contributed by atoms with van der Waals surface area (Å²) in [6, 6.07) is 0.882. The summed E-state index contributed by atoms with van der Waals surface area (Å²) >= 11 is 0. The third-order valence-electron chi connectivity index (χ3n) is 2.64. The molecule has 16 heavy (non-hydrogen) atoms. The highest BCUT2D eigenvalue weighted by molar-refractivity contribution is 5.69. The molecule has 0 aliphatic carbocycles. The average Bonchev–Trinajstić information content (AvgIpc) is 1.93. The van der Waals surface area contributed by atoms with Crippen LogP contribution in [0.1, 0.15) is 20.8 Å². The van der Waals surface area contributed by atoms with E-state index in [1.807, 2.05) is 20.8 Å². The van der Waals surface area contributed by atoms with Crippen LogP contribution in [0, 0.1) is 0 Å². The highest BCUT2D eigenvalue weighted by atomic mass is 16.6. The summed E-state index contributed by atoms with van der Waals surface area (Å²) in [6.07, 6.45) is -0.213. The molecule has 1 amide bonds. The van der Waals surface area contributed by atoms with Gasteiger partial charge >= 0.3 is 6.09 Å². The topological polar surface area (TPSA) is 50.8 Å². The molecule has 0 aromatic rings. The van der Waals surface area contributed by atoms with Crippen LogP contribution in [-0.2, 0) is 9.47 Å². The van der Waals surface area contributed by atoms with Gasteiger partial charge in [0.15, 0.2) is 0 Å². The van der Waals surface area contributed by atoms with Crippen LogP contribution < -0.4 is 5.32 Å². The highest BCUT2D eigenvalue weighted by Gasteiger charge is 2.35. The van der Waals surface area contributed by atoms with Crippen molar-refractivity contribution < 1.29 is 14.3 Å². The second-order valence-electron chi connectivity index (χ2n) is 5.48. The number of amides is 1. The fourth-order valence-corrected chi connectivity index (χ4v) is 1.72. The molecular formula is C11H20N2O3. The van der Waals surface area contributed by atoms with Gasteiger partial charge in [-0.3, -0.25) is 0 Å². The van der Waals surface area contributed by atoms with Gasteiger partial charge < -0.3 is 19.7 Å². The number of rotatable bonds is 2. The molecule has 0 atom stereocenters. The van der Waals surface area contributed by atoms with Crippen LogP contribution in [0.5, 0.6) is 0 Å². The number of hydrogen-bond acceptors (Lipinski definition) is 4. The molecule has 0 unspecified atom stereocenters. The van der Waals surface area contributed by atoms with E-state index in [9.17, 15) is 4.79 Å². The van der Waals surface area contributed by atoms with Crippen LogP contribution >= 0.6 is 0 Å². The first-order chi connectivity index (χ1) is 7.44. The Morgan fingerprint density at radius 1 is 1.31 bits per heavy atom. The lowest BCUT2D eigenvalue weighted by atomic mass is 10.1. The van der Waals surface area contributed by atoms with Crippen molar-refractivity contribution in [2.75, 3.05) is 26.3 Å². The molecule has 2 fully saturated rings. The Morgan fingerprint density at radius 3 is 2.38 bits per heavy atom. The van der Waals surface area contributed by atoms with Gasteiger partial charge in [-0.2, -0.15) is 0 Å². The van der Waals surface area contributed by atoms with Gasteiger partial charge in [-0.25, -0.2) is 4.79 Å². The Hall–Kier alpha value is -0.810. The Morgan fingerprint density at radius 2 is 1.94 bits per heavy atom. The van der Waals surface area contributed by atoms with E-state index in [1.54, 1.807) is 4.90 Å². The van der Waals surface area contributed by atoms with Gasteiger partial charge in [0.1, 0.15) is 5.60 Å². The molecular weight excluding hydrogens is 208 g/mol. The summed E-state index contributed by atoms with van der Waals surface area (Å²) in [6.45, 7) is 8.72. The molecule has 0 aromatic heterocycles. The number of hydrogen-bond donors (Lipinski definition) is 1. The summed E-state index contributed by atoms with van der Waals surface area (Å²) in [5, 5.41) is 3.43. The lowest BCUT2D eigenvalue weighted by molar-refractivity contribution is -0.0295. The second-order valence-corrected chi connectivity index (χ2v) is 5.48. The van der Waals surface area contributed by atoms with Crippen LogP contribution in [0.3, 0.4) is 0 Å². The summed E-state index contributed by atoms with van der Waals surface area (Å²) in [4.78, 5) is 13.3. The molecule has 1 N–H and O–H groups in total. The minimum atomic E-state index is -0.405. The number of ether oxygens (including phenoxy) is 2. The molecule has 0 bridgehead atoms. The maximum absolute atomic E-state index is 11.6. The molecule has 5 nitrogen and oxygen atoms in total. The van der Waals surface area contributed by atoms with E-state index in [-0.39, 0.29) is 6.09 Å². The molecule has 0 saturated carbocycles. The molecule has 0 aromatic carbocycles. The van der Waals surface area contributed by atoms with Gasteiger partial charge in [0.05, 0.1) is 19.3 Å². The van der Waals surface area contributed by atoms with E-state index in [2.05, 4.69) is 5.32 Å².